The Balaban J connectivity index is 1.49. The van der Waals surface area contributed by atoms with Gasteiger partial charge in [-0.25, -0.2) is 14.8 Å². The summed E-state index contributed by atoms with van der Waals surface area (Å²) >= 11 is 1.61. The molecule has 0 N–H and O–H groups in total. The van der Waals surface area contributed by atoms with E-state index in [1.165, 1.54) is 20.3 Å². The molecule has 4 aromatic rings. The summed E-state index contributed by atoms with van der Waals surface area (Å²) in [6.07, 6.45) is 5.96. The quantitative estimate of drug-likeness (QED) is 0.351. The summed E-state index contributed by atoms with van der Waals surface area (Å²) in [6, 6.07) is 6.34. The van der Waals surface area contributed by atoms with Crippen molar-refractivity contribution in [2.45, 2.75) is 32.0 Å². The first-order chi connectivity index (χ1) is 14.4. The van der Waals surface area contributed by atoms with Gasteiger partial charge in [0.2, 0.25) is 0 Å². The van der Waals surface area contributed by atoms with Crippen LogP contribution < -0.4 is 11.2 Å². The third kappa shape index (κ3) is 3.49. The number of thioether (sulfide) groups is 1. The zero-order valence-electron chi connectivity index (χ0n) is 17.5. The Hall–Kier alpha value is -3.07. The van der Waals surface area contributed by atoms with E-state index in [-0.39, 0.29) is 11.2 Å². The summed E-state index contributed by atoms with van der Waals surface area (Å²) in [5.74, 6) is 0.737. The molecular formula is C21H24N6O2S. The maximum Gasteiger partial charge on any atom is 0.332 e. The summed E-state index contributed by atoms with van der Waals surface area (Å²) in [5, 5.41) is 0.889. The summed E-state index contributed by atoms with van der Waals surface area (Å²) in [4.78, 5) is 34.0. The summed E-state index contributed by atoms with van der Waals surface area (Å²) in [5.41, 5.74) is 3.78. The molecule has 0 saturated heterocycles. The molecule has 9 heteroatoms. The fourth-order valence-electron chi connectivity index (χ4n) is 3.45. The lowest BCUT2D eigenvalue weighted by molar-refractivity contribution is 0.594. The predicted molar refractivity (Wildman–Crippen MR) is 119 cm³/mol. The van der Waals surface area contributed by atoms with Gasteiger partial charge in [0.15, 0.2) is 16.3 Å². The van der Waals surface area contributed by atoms with E-state index < -0.39 is 0 Å². The van der Waals surface area contributed by atoms with E-state index in [1.807, 2.05) is 6.20 Å². The highest BCUT2D eigenvalue weighted by Crippen LogP contribution is 2.22. The molecule has 0 amide bonds. The van der Waals surface area contributed by atoms with Crippen LogP contribution in [0.2, 0.25) is 0 Å². The molecule has 0 saturated carbocycles. The van der Waals surface area contributed by atoms with E-state index >= 15 is 0 Å². The number of aryl methyl sites for hydroxylation is 4. The second kappa shape index (κ2) is 7.98. The van der Waals surface area contributed by atoms with Gasteiger partial charge in [0.05, 0.1) is 6.33 Å². The second-order valence-electron chi connectivity index (χ2n) is 7.38. The monoisotopic (exact) mass is 424 g/mol. The van der Waals surface area contributed by atoms with Crippen LogP contribution in [0.25, 0.3) is 16.9 Å². The summed E-state index contributed by atoms with van der Waals surface area (Å²) in [6.45, 7) is 4.54. The average Bonchev–Trinajstić information content (AvgIpc) is 3.34. The zero-order valence-corrected chi connectivity index (χ0v) is 18.3. The Morgan fingerprint density at radius 3 is 2.63 bits per heavy atom. The average molecular weight is 425 g/mol. The SMILES string of the molecule is Cc1ccc(-n2ccnc2SCCCn2c(=O)c3c(ncn3C)n(C)c2=O)cc1C. The van der Waals surface area contributed by atoms with Crippen molar-refractivity contribution in [3.63, 3.8) is 0 Å². The summed E-state index contributed by atoms with van der Waals surface area (Å²) in [7, 11) is 3.40. The van der Waals surface area contributed by atoms with Gasteiger partial charge < -0.3 is 4.57 Å². The maximum absolute atomic E-state index is 12.8. The fourth-order valence-corrected chi connectivity index (χ4v) is 4.34. The van der Waals surface area contributed by atoms with Crippen LogP contribution in [0, 0.1) is 13.8 Å². The van der Waals surface area contributed by atoms with Crippen LogP contribution in [0.3, 0.4) is 0 Å². The van der Waals surface area contributed by atoms with Gasteiger partial charge in [0, 0.05) is 44.5 Å². The van der Waals surface area contributed by atoms with E-state index in [0.29, 0.717) is 24.1 Å². The van der Waals surface area contributed by atoms with E-state index in [0.717, 1.165) is 16.6 Å². The van der Waals surface area contributed by atoms with Crippen LogP contribution in [0.15, 0.2) is 51.7 Å². The Morgan fingerprint density at radius 2 is 1.87 bits per heavy atom. The zero-order chi connectivity index (χ0) is 21.4. The smallest absolute Gasteiger partial charge is 0.328 e. The fraction of sp³-hybridized carbons (Fsp3) is 0.333. The van der Waals surface area contributed by atoms with E-state index in [1.54, 1.807) is 42.9 Å². The molecule has 0 bridgehead atoms. The van der Waals surface area contributed by atoms with Gasteiger partial charge in [-0.05, 0) is 43.5 Å². The first kappa shape index (κ1) is 20.2. The van der Waals surface area contributed by atoms with E-state index in [2.05, 4.69) is 46.6 Å². The van der Waals surface area contributed by atoms with E-state index in [4.69, 9.17) is 0 Å². The van der Waals surface area contributed by atoms with Crippen molar-refractivity contribution in [3.05, 3.63) is 68.9 Å². The molecule has 0 aliphatic rings. The van der Waals surface area contributed by atoms with Crippen LogP contribution in [-0.2, 0) is 20.6 Å². The molecule has 1 aromatic carbocycles. The third-order valence-corrected chi connectivity index (χ3v) is 6.39. The number of hydrogen-bond donors (Lipinski definition) is 0. The molecule has 0 radical (unpaired) electrons. The van der Waals surface area contributed by atoms with Gasteiger partial charge in [-0.2, -0.15) is 0 Å². The lowest BCUT2D eigenvalue weighted by Gasteiger charge is -2.10. The van der Waals surface area contributed by atoms with Gasteiger partial charge in [-0.1, -0.05) is 17.8 Å². The number of fused-ring (bicyclic) bond motifs is 1. The molecule has 3 heterocycles. The Kier molecular flexibility index (Phi) is 5.38. The van der Waals surface area contributed by atoms with Crippen molar-refractivity contribution >= 4 is 22.9 Å². The van der Waals surface area contributed by atoms with Crippen molar-refractivity contribution < 1.29 is 0 Å². The number of aromatic nitrogens is 6. The molecular weight excluding hydrogens is 400 g/mol. The van der Waals surface area contributed by atoms with Gasteiger partial charge in [0.25, 0.3) is 5.56 Å². The molecule has 0 atom stereocenters. The number of nitrogens with zero attached hydrogens (tertiary/aromatic N) is 6. The van der Waals surface area contributed by atoms with Crippen LogP contribution in [0.1, 0.15) is 17.5 Å². The third-order valence-electron chi connectivity index (χ3n) is 5.33. The molecule has 0 aliphatic heterocycles. The number of hydrogen-bond acceptors (Lipinski definition) is 5. The minimum atomic E-state index is -0.340. The Labute approximate surface area is 177 Å². The predicted octanol–water partition coefficient (Wildman–Crippen LogP) is 2.42. The topological polar surface area (TPSA) is 79.6 Å². The molecule has 0 unspecified atom stereocenters. The minimum absolute atomic E-state index is 0.297. The molecule has 0 fully saturated rings. The Morgan fingerprint density at radius 1 is 1.07 bits per heavy atom. The lowest BCUT2D eigenvalue weighted by atomic mass is 10.1. The first-order valence-electron chi connectivity index (χ1n) is 9.73. The Bertz CT molecular complexity index is 1340. The largest absolute Gasteiger partial charge is 0.332 e. The highest BCUT2D eigenvalue weighted by atomic mass is 32.2. The first-order valence-corrected chi connectivity index (χ1v) is 10.7. The molecule has 30 heavy (non-hydrogen) atoms. The lowest BCUT2D eigenvalue weighted by Crippen LogP contribution is -2.39. The van der Waals surface area contributed by atoms with Crippen LogP contribution >= 0.6 is 11.8 Å². The second-order valence-corrected chi connectivity index (χ2v) is 8.44. The van der Waals surface area contributed by atoms with Gasteiger partial charge in [-0.3, -0.25) is 18.5 Å². The molecule has 156 valence electrons. The van der Waals surface area contributed by atoms with Gasteiger partial charge in [-0.15, -0.1) is 0 Å². The van der Waals surface area contributed by atoms with Crippen molar-refractivity contribution in [2.75, 3.05) is 5.75 Å². The van der Waals surface area contributed by atoms with Crippen LogP contribution in [0.4, 0.5) is 0 Å². The number of rotatable bonds is 6. The van der Waals surface area contributed by atoms with E-state index in [9.17, 15) is 9.59 Å². The summed E-state index contributed by atoms with van der Waals surface area (Å²) < 4.78 is 6.43. The normalized spacial score (nSPS) is 11.5. The van der Waals surface area contributed by atoms with Crippen LogP contribution in [0.5, 0.6) is 0 Å². The van der Waals surface area contributed by atoms with Crippen molar-refractivity contribution in [2.24, 2.45) is 14.1 Å². The van der Waals surface area contributed by atoms with Gasteiger partial charge in [0.1, 0.15) is 0 Å². The van der Waals surface area contributed by atoms with Crippen LogP contribution in [-0.4, -0.2) is 34.0 Å². The molecule has 4 rings (SSSR count). The van der Waals surface area contributed by atoms with Crippen molar-refractivity contribution in [1.29, 1.82) is 0 Å². The highest BCUT2D eigenvalue weighted by Gasteiger charge is 2.15. The molecule has 3 aromatic heterocycles. The number of benzene rings is 1. The van der Waals surface area contributed by atoms with Gasteiger partial charge >= 0.3 is 5.69 Å². The molecule has 0 aliphatic carbocycles. The standard InChI is InChI=1S/C21H24N6O2S/c1-14-6-7-16(12-15(14)2)26-10-8-22-20(26)30-11-5-9-27-19(28)17-18(23-13-24(17)3)25(4)21(27)29/h6-8,10,12-13H,5,9,11H2,1-4H3. The van der Waals surface area contributed by atoms with Crippen molar-refractivity contribution in [1.82, 2.24) is 28.2 Å². The molecule has 0 spiro atoms. The maximum atomic E-state index is 12.8. The van der Waals surface area contributed by atoms with Crippen molar-refractivity contribution in [3.8, 4) is 5.69 Å². The molecule has 8 nitrogen and oxygen atoms in total. The number of imidazole rings is 2. The highest BCUT2D eigenvalue weighted by molar-refractivity contribution is 7.99. The minimum Gasteiger partial charge on any atom is -0.328 e.